The van der Waals surface area contributed by atoms with Gasteiger partial charge in [0, 0.05) is 32.0 Å². The van der Waals surface area contributed by atoms with E-state index >= 15 is 0 Å². The number of halogens is 2. The van der Waals surface area contributed by atoms with Crippen LogP contribution in [0.3, 0.4) is 0 Å². The highest BCUT2D eigenvalue weighted by molar-refractivity contribution is 5.64. The molecule has 0 amide bonds. The molecule has 8 heteroatoms. The third-order valence-electron chi connectivity index (χ3n) is 3.90. The van der Waals surface area contributed by atoms with Crippen molar-refractivity contribution in [3.05, 3.63) is 33.9 Å². The highest BCUT2D eigenvalue weighted by Crippen LogP contribution is 2.38. The molecule has 0 bridgehead atoms. The van der Waals surface area contributed by atoms with Gasteiger partial charge in [0.2, 0.25) is 0 Å². The van der Waals surface area contributed by atoms with E-state index in [1.54, 1.807) is 0 Å². The van der Waals surface area contributed by atoms with E-state index in [1.807, 2.05) is 0 Å². The minimum Gasteiger partial charge on any atom is -0.363 e. The van der Waals surface area contributed by atoms with Gasteiger partial charge in [-0.1, -0.05) is 0 Å². The second-order valence-electron chi connectivity index (χ2n) is 5.08. The summed E-state index contributed by atoms with van der Waals surface area (Å²) in [4.78, 5) is 11.8. The quantitative estimate of drug-likeness (QED) is 0.619. The van der Waals surface area contributed by atoms with Crippen molar-refractivity contribution in [2.45, 2.75) is 18.6 Å². The van der Waals surface area contributed by atoms with Gasteiger partial charge in [0.15, 0.2) is 23.1 Å². The molecule has 0 unspecified atom stereocenters. The number of rotatable bonds is 2. The molecular weight excluding hydrogens is 286 g/mol. The van der Waals surface area contributed by atoms with Crippen LogP contribution in [-0.4, -0.2) is 37.0 Å². The molecule has 2 aliphatic heterocycles. The van der Waals surface area contributed by atoms with Gasteiger partial charge in [-0.15, -0.1) is 0 Å². The van der Waals surface area contributed by atoms with Crippen LogP contribution >= 0.6 is 0 Å². The van der Waals surface area contributed by atoms with Gasteiger partial charge in [0.1, 0.15) is 0 Å². The topological polar surface area (TPSA) is 64.8 Å². The molecule has 0 N–H and O–H groups in total. The summed E-state index contributed by atoms with van der Waals surface area (Å²) in [6.07, 6.45) is 0.917. The van der Waals surface area contributed by atoms with Crippen molar-refractivity contribution < 1.29 is 23.2 Å². The summed E-state index contributed by atoms with van der Waals surface area (Å²) in [6, 6.07) is 1.76. The molecule has 2 saturated heterocycles. The van der Waals surface area contributed by atoms with Crippen LogP contribution in [-0.2, 0) is 9.47 Å². The van der Waals surface area contributed by atoms with Gasteiger partial charge in [0.05, 0.1) is 18.1 Å². The third kappa shape index (κ3) is 2.44. The van der Waals surface area contributed by atoms with Crippen molar-refractivity contribution in [1.29, 1.82) is 0 Å². The number of hydrogen-bond donors (Lipinski definition) is 0. The fourth-order valence-corrected chi connectivity index (χ4v) is 2.83. The lowest BCUT2D eigenvalue weighted by molar-refractivity contribution is -0.384. The number of benzene rings is 1. The molecule has 0 aliphatic carbocycles. The van der Waals surface area contributed by atoms with E-state index in [9.17, 15) is 18.9 Å². The Hall–Kier alpha value is -1.80. The fraction of sp³-hybridized carbons (Fsp3) is 0.538. The number of nitrogens with zero attached hydrogens (tertiary/aromatic N) is 2. The van der Waals surface area contributed by atoms with Gasteiger partial charge in [-0.2, -0.15) is 0 Å². The Balaban J connectivity index is 1.87. The first-order valence-electron chi connectivity index (χ1n) is 6.68. The minimum atomic E-state index is -1.19. The van der Waals surface area contributed by atoms with E-state index in [4.69, 9.17) is 9.47 Å². The largest absolute Gasteiger partial charge is 0.363 e. The summed E-state index contributed by atoms with van der Waals surface area (Å²) in [5.41, 5.74) is -0.731. The Morgan fingerprint density at radius 3 is 2.38 bits per heavy atom. The molecule has 3 rings (SSSR count). The van der Waals surface area contributed by atoms with Crippen LogP contribution < -0.4 is 4.90 Å². The van der Waals surface area contributed by atoms with E-state index in [0.717, 1.165) is 12.1 Å². The predicted molar refractivity (Wildman–Crippen MR) is 69.1 cm³/mol. The fourth-order valence-electron chi connectivity index (χ4n) is 2.83. The first-order valence-corrected chi connectivity index (χ1v) is 6.68. The molecule has 0 atom stereocenters. The van der Waals surface area contributed by atoms with E-state index < -0.39 is 28.0 Å². The van der Waals surface area contributed by atoms with E-state index in [1.165, 1.54) is 4.90 Å². The second kappa shape index (κ2) is 5.19. The van der Waals surface area contributed by atoms with Crippen LogP contribution in [0.1, 0.15) is 12.8 Å². The van der Waals surface area contributed by atoms with Crippen LogP contribution in [0.25, 0.3) is 0 Å². The summed E-state index contributed by atoms with van der Waals surface area (Å²) in [5.74, 6) is -2.95. The second-order valence-corrected chi connectivity index (χ2v) is 5.08. The average molecular weight is 300 g/mol. The smallest absolute Gasteiger partial charge is 0.295 e. The Kier molecular flexibility index (Phi) is 3.50. The van der Waals surface area contributed by atoms with Crippen molar-refractivity contribution in [3.63, 3.8) is 0 Å². The van der Waals surface area contributed by atoms with Gasteiger partial charge >= 0.3 is 0 Å². The Bertz CT molecular complexity index is 566. The van der Waals surface area contributed by atoms with Gasteiger partial charge in [-0.05, 0) is 6.07 Å². The summed E-state index contributed by atoms with van der Waals surface area (Å²) in [5, 5.41) is 11.0. The van der Waals surface area contributed by atoms with Crippen molar-refractivity contribution in [2.75, 3.05) is 31.2 Å². The molecule has 0 radical (unpaired) electrons. The summed E-state index contributed by atoms with van der Waals surface area (Å²) in [7, 11) is 0. The van der Waals surface area contributed by atoms with Crippen LogP contribution in [0.5, 0.6) is 0 Å². The highest BCUT2D eigenvalue weighted by atomic mass is 19.2. The summed E-state index contributed by atoms with van der Waals surface area (Å²) < 4.78 is 38.5. The molecular formula is C13H14F2N2O4. The van der Waals surface area contributed by atoms with Crippen LogP contribution in [0.15, 0.2) is 12.1 Å². The highest BCUT2D eigenvalue weighted by Gasteiger charge is 2.41. The standard InChI is InChI=1S/C13H14F2N2O4/c14-9-1-2-10(17(18)19)12(11(9)15)16-5-3-13(4-6-16)20-7-8-21-13/h1-2H,3-8H2. The van der Waals surface area contributed by atoms with Gasteiger partial charge in [-0.25, -0.2) is 8.78 Å². The Morgan fingerprint density at radius 2 is 1.81 bits per heavy atom. The number of nitro groups is 1. The molecule has 1 aromatic rings. The minimum absolute atomic E-state index is 0.298. The summed E-state index contributed by atoms with van der Waals surface area (Å²) in [6.45, 7) is 1.63. The van der Waals surface area contributed by atoms with Crippen molar-refractivity contribution in [3.8, 4) is 0 Å². The lowest BCUT2D eigenvalue weighted by Crippen LogP contribution is -2.45. The van der Waals surface area contributed by atoms with E-state index in [0.29, 0.717) is 39.1 Å². The monoisotopic (exact) mass is 300 g/mol. The molecule has 1 aromatic carbocycles. The molecule has 0 saturated carbocycles. The first kappa shape index (κ1) is 14.2. The van der Waals surface area contributed by atoms with Gasteiger partial charge < -0.3 is 14.4 Å². The zero-order valence-corrected chi connectivity index (χ0v) is 11.2. The molecule has 1 spiro atoms. The van der Waals surface area contributed by atoms with Crippen LogP contribution in [0, 0.1) is 21.7 Å². The number of ether oxygens (including phenoxy) is 2. The Morgan fingerprint density at radius 1 is 1.19 bits per heavy atom. The molecule has 2 heterocycles. The van der Waals surface area contributed by atoms with Crippen molar-refractivity contribution in [2.24, 2.45) is 0 Å². The normalized spacial score (nSPS) is 21.0. The lowest BCUT2D eigenvalue weighted by atomic mass is 10.0. The van der Waals surface area contributed by atoms with Crippen molar-refractivity contribution in [1.82, 2.24) is 0 Å². The molecule has 2 fully saturated rings. The molecule has 21 heavy (non-hydrogen) atoms. The Labute approximate surface area is 119 Å². The van der Waals surface area contributed by atoms with Gasteiger partial charge in [0.25, 0.3) is 5.69 Å². The number of nitro benzene ring substituents is 1. The number of piperidine rings is 1. The molecule has 2 aliphatic rings. The first-order chi connectivity index (χ1) is 10.0. The number of anilines is 1. The third-order valence-corrected chi connectivity index (χ3v) is 3.90. The number of hydrogen-bond acceptors (Lipinski definition) is 5. The molecule has 6 nitrogen and oxygen atoms in total. The molecule has 114 valence electrons. The van der Waals surface area contributed by atoms with Crippen LogP contribution in [0.2, 0.25) is 0 Å². The predicted octanol–water partition coefficient (Wildman–Crippen LogP) is 2.22. The van der Waals surface area contributed by atoms with Crippen molar-refractivity contribution >= 4 is 11.4 Å². The maximum absolute atomic E-state index is 14.0. The SMILES string of the molecule is O=[N+]([O-])c1ccc(F)c(F)c1N1CCC2(CC1)OCCO2. The van der Waals surface area contributed by atoms with E-state index in [2.05, 4.69) is 0 Å². The lowest BCUT2D eigenvalue weighted by Gasteiger charge is -2.38. The van der Waals surface area contributed by atoms with Gasteiger partial charge in [-0.3, -0.25) is 10.1 Å². The summed E-state index contributed by atoms with van der Waals surface area (Å²) >= 11 is 0. The maximum atomic E-state index is 14.0. The maximum Gasteiger partial charge on any atom is 0.295 e. The zero-order valence-electron chi connectivity index (χ0n) is 11.2. The molecule has 0 aromatic heterocycles. The van der Waals surface area contributed by atoms with E-state index in [-0.39, 0.29) is 5.69 Å². The average Bonchev–Trinajstić information content (AvgIpc) is 2.91. The zero-order chi connectivity index (χ0) is 15.0. The van der Waals surface area contributed by atoms with Crippen LogP contribution in [0.4, 0.5) is 20.2 Å².